The molecule has 0 aliphatic heterocycles. The Bertz CT molecular complexity index is 129. The maximum atomic E-state index is 9.98. The van der Waals surface area contributed by atoms with Gasteiger partial charge in [-0.2, -0.15) is 0 Å². The second kappa shape index (κ2) is 7.04. The number of carbonyl (C=O) groups is 1. The van der Waals surface area contributed by atoms with Crippen LogP contribution < -0.4 is 5.48 Å². The van der Waals surface area contributed by atoms with Crippen LogP contribution in [0.25, 0.3) is 0 Å². The fourth-order valence-corrected chi connectivity index (χ4v) is 0.869. The molecular weight excluding hydrogens is 166 g/mol. The first kappa shape index (κ1) is 12.6. The van der Waals surface area contributed by atoms with E-state index >= 15 is 0 Å². The molecule has 0 aliphatic rings. The Morgan fingerprint density at radius 3 is 2.46 bits per heavy atom. The number of carbonyl (C=O) groups excluding carboxylic acids is 1. The molecule has 0 atom stereocenters. The summed E-state index contributed by atoms with van der Waals surface area (Å²) < 4.78 is 0. The van der Waals surface area contributed by atoms with E-state index in [1.165, 1.54) is 0 Å². The van der Waals surface area contributed by atoms with Gasteiger partial charge in [-0.15, -0.1) is 0 Å². The van der Waals surface area contributed by atoms with Gasteiger partial charge >= 0.3 is 0 Å². The number of unbranched alkanes of at least 4 members (excludes halogenated alkanes) is 3. The zero-order chi connectivity index (χ0) is 10.2. The van der Waals surface area contributed by atoms with Crippen LogP contribution in [0, 0.1) is 0 Å². The lowest BCUT2D eigenvalue weighted by atomic mass is 10.2. The molecule has 0 aliphatic carbocycles. The Labute approximate surface area is 80.8 Å². The van der Waals surface area contributed by atoms with E-state index < -0.39 is 0 Å². The number of nitrogens with one attached hydrogen (secondary N) is 1. The van der Waals surface area contributed by atoms with Crippen LogP contribution in [0.1, 0.15) is 46.5 Å². The van der Waals surface area contributed by atoms with E-state index in [-0.39, 0.29) is 5.60 Å². The Morgan fingerprint density at radius 1 is 1.23 bits per heavy atom. The van der Waals surface area contributed by atoms with Crippen molar-refractivity contribution in [3.8, 4) is 0 Å². The van der Waals surface area contributed by atoms with Crippen molar-refractivity contribution in [2.75, 3.05) is 6.54 Å². The molecule has 3 nitrogen and oxygen atoms in total. The molecule has 78 valence electrons. The highest BCUT2D eigenvalue weighted by molar-refractivity contribution is 5.48. The van der Waals surface area contributed by atoms with E-state index in [1.54, 1.807) is 0 Å². The van der Waals surface area contributed by atoms with Crippen molar-refractivity contribution in [3.05, 3.63) is 0 Å². The Balaban J connectivity index is 3.04. The highest BCUT2D eigenvalue weighted by Crippen LogP contribution is 2.03. The third-order valence-corrected chi connectivity index (χ3v) is 1.48. The van der Waals surface area contributed by atoms with Crippen LogP contribution in [0.5, 0.6) is 0 Å². The van der Waals surface area contributed by atoms with E-state index in [0.717, 1.165) is 32.1 Å². The second-order valence-corrected chi connectivity index (χ2v) is 4.12. The van der Waals surface area contributed by atoms with Gasteiger partial charge in [0, 0.05) is 13.0 Å². The van der Waals surface area contributed by atoms with Gasteiger partial charge in [0.05, 0.1) is 5.60 Å². The van der Waals surface area contributed by atoms with Crippen molar-refractivity contribution < 1.29 is 9.63 Å². The Hall–Kier alpha value is -0.410. The van der Waals surface area contributed by atoms with Crippen molar-refractivity contribution in [2.24, 2.45) is 0 Å². The van der Waals surface area contributed by atoms with Crippen LogP contribution in [0.15, 0.2) is 0 Å². The summed E-state index contributed by atoms with van der Waals surface area (Å²) in [5, 5.41) is 0. The number of rotatable bonds is 7. The lowest BCUT2D eigenvalue weighted by Crippen LogP contribution is -2.29. The molecule has 0 spiro atoms. The van der Waals surface area contributed by atoms with Gasteiger partial charge in [0.2, 0.25) is 0 Å². The van der Waals surface area contributed by atoms with Gasteiger partial charge in [-0.05, 0) is 33.6 Å². The molecule has 0 saturated carbocycles. The summed E-state index contributed by atoms with van der Waals surface area (Å²) in [6.07, 6.45) is 4.78. The monoisotopic (exact) mass is 187 g/mol. The zero-order valence-corrected chi connectivity index (χ0v) is 8.93. The molecule has 1 N–H and O–H groups in total. The first-order valence-electron chi connectivity index (χ1n) is 4.91. The van der Waals surface area contributed by atoms with Crippen LogP contribution >= 0.6 is 0 Å². The van der Waals surface area contributed by atoms with Crippen molar-refractivity contribution in [1.82, 2.24) is 5.48 Å². The van der Waals surface area contributed by atoms with Crippen LogP contribution in [0.4, 0.5) is 0 Å². The maximum Gasteiger partial charge on any atom is 0.119 e. The van der Waals surface area contributed by atoms with E-state index in [0.29, 0.717) is 6.42 Å². The quantitative estimate of drug-likeness (QED) is 0.376. The first-order chi connectivity index (χ1) is 6.06. The number of aldehydes is 1. The van der Waals surface area contributed by atoms with Gasteiger partial charge in [-0.25, -0.2) is 5.48 Å². The number of hydrogen-bond donors (Lipinski definition) is 1. The van der Waals surface area contributed by atoms with Crippen molar-refractivity contribution in [2.45, 2.75) is 52.1 Å². The molecule has 0 unspecified atom stereocenters. The van der Waals surface area contributed by atoms with Crippen LogP contribution in [0.2, 0.25) is 0 Å². The summed E-state index contributed by atoms with van der Waals surface area (Å²) in [6.45, 7) is 6.88. The van der Waals surface area contributed by atoms with Gasteiger partial charge < -0.3 is 4.79 Å². The largest absolute Gasteiger partial charge is 0.303 e. The molecule has 0 rings (SSSR count). The fourth-order valence-electron chi connectivity index (χ4n) is 0.869. The average Bonchev–Trinajstić information content (AvgIpc) is 2.01. The SMILES string of the molecule is CC(C)(C)ONCCCCCC=O. The summed E-state index contributed by atoms with van der Waals surface area (Å²) in [4.78, 5) is 15.3. The maximum absolute atomic E-state index is 9.98. The highest BCUT2D eigenvalue weighted by Gasteiger charge is 2.08. The minimum atomic E-state index is -0.122. The molecule has 0 amide bonds. The Kier molecular flexibility index (Phi) is 6.82. The van der Waals surface area contributed by atoms with Crippen molar-refractivity contribution >= 4 is 6.29 Å². The molecule has 0 aromatic heterocycles. The summed E-state index contributed by atoms with van der Waals surface area (Å²) >= 11 is 0. The smallest absolute Gasteiger partial charge is 0.119 e. The molecular formula is C10H21NO2. The van der Waals surface area contributed by atoms with E-state index in [2.05, 4.69) is 5.48 Å². The predicted molar refractivity (Wildman–Crippen MR) is 53.4 cm³/mol. The highest BCUT2D eigenvalue weighted by atomic mass is 16.7. The summed E-state index contributed by atoms with van der Waals surface area (Å²) in [7, 11) is 0. The van der Waals surface area contributed by atoms with Crippen LogP contribution in [-0.4, -0.2) is 18.4 Å². The first-order valence-corrected chi connectivity index (χ1v) is 4.91. The van der Waals surface area contributed by atoms with Gasteiger partial charge in [-0.1, -0.05) is 6.42 Å². The summed E-state index contributed by atoms with van der Waals surface area (Å²) in [5.41, 5.74) is 2.79. The molecule has 3 heteroatoms. The topological polar surface area (TPSA) is 38.3 Å². The molecule has 0 fully saturated rings. The number of hydroxylamine groups is 1. The minimum Gasteiger partial charge on any atom is -0.303 e. The molecule has 0 aromatic rings. The molecule has 0 radical (unpaired) electrons. The van der Waals surface area contributed by atoms with Crippen molar-refractivity contribution in [3.63, 3.8) is 0 Å². The third kappa shape index (κ3) is 11.6. The standard InChI is InChI=1S/C10H21NO2/c1-10(2,3)13-11-8-6-4-5-7-9-12/h9,11H,4-8H2,1-3H3. The molecule has 0 saturated heterocycles. The lowest BCUT2D eigenvalue weighted by molar-refractivity contribution is -0.107. The normalized spacial score (nSPS) is 11.6. The third-order valence-electron chi connectivity index (χ3n) is 1.48. The molecule has 0 heterocycles. The molecule has 0 aromatic carbocycles. The van der Waals surface area contributed by atoms with Gasteiger partial charge in [0.1, 0.15) is 6.29 Å². The predicted octanol–water partition coefficient (Wildman–Crippen LogP) is 2.07. The molecule has 0 bridgehead atoms. The Morgan fingerprint density at radius 2 is 1.92 bits per heavy atom. The summed E-state index contributed by atoms with van der Waals surface area (Å²) in [5.74, 6) is 0. The van der Waals surface area contributed by atoms with Crippen molar-refractivity contribution in [1.29, 1.82) is 0 Å². The summed E-state index contributed by atoms with van der Waals surface area (Å²) in [6, 6.07) is 0. The van der Waals surface area contributed by atoms with E-state index in [1.807, 2.05) is 20.8 Å². The molecule has 13 heavy (non-hydrogen) atoms. The second-order valence-electron chi connectivity index (χ2n) is 4.12. The van der Waals surface area contributed by atoms with Gasteiger partial charge in [-0.3, -0.25) is 4.84 Å². The van der Waals surface area contributed by atoms with E-state index in [4.69, 9.17) is 4.84 Å². The van der Waals surface area contributed by atoms with Crippen LogP contribution in [-0.2, 0) is 9.63 Å². The number of hydrogen-bond acceptors (Lipinski definition) is 3. The minimum absolute atomic E-state index is 0.122. The van der Waals surface area contributed by atoms with Gasteiger partial charge in [0.25, 0.3) is 0 Å². The van der Waals surface area contributed by atoms with Gasteiger partial charge in [0.15, 0.2) is 0 Å². The fraction of sp³-hybridized carbons (Fsp3) is 0.900. The lowest BCUT2D eigenvalue weighted by Gasteiger charge is -2.19. The zero-order valence-electron chi connectivity index (χ0n) is 8.93. The van der Waals surface area contributed by atoms with Crippen LogP contribution in [0.3, 0.4) is 0 Å². The van der Waals surface area contributed by atoms with E-state index in [9.17, 15) is 4.79 Å². The average molecular weight is 187 g/mol.